The molecule has 0 spiro atoms. The summed E-state index contributed by atoms with van der Waals surface area (Å²) in [5.74, 6) is -0.175. The molecule has 0 amide bonds. The van der Waals surface area contributed by atoms with Crippen molar-refractivity contribution in [1.29, 1.82) is 0 Å². The summed E-state index contributed by atoms with van der Waals surface area (Å²) < 4.78 is 12.5. The van der Waals surface area contributed by atoms with Gasteiger partial charge in [0.05, 0.1) is 0 Å². The fourth-order valence-corrected chi connectivity index (χ4v) is 1.34. The van der Waals surface area contributed by atoms with Gasteiger partial charge < -0.3 is 4.90 Å². The van der Waals surface area contributed by atoms with Crippen molar-refractivity contribution in [2.24, 2.45) is 0 Å². The second-order valence-corrected chi connectivity index (χ2v) is 2.85. The van der Waals surface area contributed by atoms with Crippen LogP contribution >= 0.6 is 0 Å². The molecule has 1 nitrogen and oxygen atoms in total. The van der Waals surface area contributed by atoms with Crippen LogP contribution in [0, 0.1) is 5.82 Å². The number of hydrogen-bond donors (Lipinski definition) is 0. The molecule has 2 rings (SSSR count). The fourth-order valence-electron chi connectivity index (χ4n) is 1.34. The third-order valence-corrected chi connectivity index (χ3v) is 2.01. The van der Waals surface area contributed by atoms with Crippen LogP contribution in [0.3, 0.4) is 0 Å². The van der Waals surface area contributed by atoms with Gasteiger partial charge >= 0.3 is 0 Å². The molecular formula is C10H10FN. The van der Waals surface area contributed by atoms with E-state index in [9.17, 15) is 4.39 Å². The lowest BCUT2D eigenvalue weighted by Gasteiger charge is -2.16. The molecule has 0 radical (unpaired) electrons. The summed E-state index contributed by atoms with van der Waals surface area (Å²) in [4.78, 5) is 2.18. The molecule has 0 aliphatic carbocycles. The van der Waals surface area contributed by atoms with Crippen LogP contribution in [0.4, 0.5) is 10.1 Å². The first-order valence-corrected chi connectivity index (χ1v) is 4.02. The van der Waals surface area contributed by atoms with E-state index in [0.717, 1.165) is 18.8 Å². The zero-order valence-electron chi connectivity index (χ0n) is 6.70. The van der Waals surface area contributed by atoms with Gasteiger partial charge in [-0.1, -0.05) is 12.2 Å². The summed E-state index contributed by atoms with van der Waals surface area (Å²) in [6.07, 6.45) is 4.23. The minimum absolute atomic E-state index is 0.175. The van der Waals surface area contributed by atoms with Crippen molar-refractivity contribution < 1.29 is 4.39 Å². The fraction of sp³-hybridized carbons (Fsp3) is 0.200. The van der Waals surface area contributed by atoms with Gasteiger partial charge in [-0.25, -0.2) is 4.39 Å². The van der Waals surface area contributed by atoms with Crippen molar-refractivity contribution in [2.45, 2.75) is 0 Å². The molecule has 62 valence electrons. The highest BCUT2D eigenvalue weighted by atomic mass is 19.1. The van der Waals surface area contributed by atoms with Crippen molar-refractivity contribution in [3.63, 3.8) is 0 Å². The van der Waals surface area contributed by atoms with Crippen LogP contribution in [0.25, 0.3) is 0 Å². The Bertz CT molecular complexity index is 281. The number of nitrogens with zero attached hydrogens (tertiary/aromatic N) is 1. The van der Waals surface area contributed by atoms with E-state index in [1.54, 1.807) is 0 Å². The van der Waals surface area contributed by atoms with Gasteiger partial charge in [0.1, 0.15) is 5.82 Å². The Morgan fingerprint density at radius 3 is 2.17 bits per heavy atom. The minimum atomic E-state index is -0.175. The third-order valence-electron chi connectivity index (χ3n) is 2.01. The molecule has 0 bridgehead atoms. The standard InChI is InChI=1S/C10H10FN/c11-9-3-5-10(6-4-9)12-7-1-2-8-12/h1-6H,7-8H2. The maximum atomic E-state index is 12.5. The molecule has 0 saturated heterocycles. The average molecular weight is 163 g/mol. The van der Waals surface area contributed by atoms with E-state index in [0.29, 0.717) is 0 Å². The highest BCUT2D eigenvalue weighted by Gasteiger charge is 2.06. The van der Waals surface area contributed by atoms with Gasteiger partial charge in [-0.3, -0.25) is 0 Å². The van der Waals surface area contributed by atoms with Crippen LogP contribution in [-0.4, -0.2) is 13.1 Å². The molecule has 0 fully saturated rings. The summed E-state index contributed by atoms with van der Waals surface area (Å²) in [5.41, 5.74) is 1.08. The summed E-state index contributed by atoms with van der Waals surface area (Å²) in [7, 11) is 0. The van der Waals surface area contributed by atoms with Crippen molar-refractivity contribution in [3.8, 4) is 0 Å². The summed E-state index contributed by atoms with van der Waals surface area (Å²) in [5, 5.41) is 0. The molecule has 1 heterocycles. The van der Waals surface area contributed by atoms with Crippen LogP contribution in [-0.2, 0) is 0 Å². The zero-order chi connectivity index (χ0) is 8.39. The normalized spacial score (nSPS) is 15.6. The molecular weight excluding hydrogens is 153 g/mol. The first kappa shape index (κ1) is 7.35. The van der Waals surface area contributed by atoms with Gasteiger partial charge in [-0.05, 0) is 24.3 Å². The van der Waals surface area contributed by atoms with Crippen LogP contribution in [0.15, 0.2) is 36.4 Å². The number of anilines is 1. The van der Waals surface area contributed by atoms with Gasteiger partial charge in [0.2, 0.25) is 0 Å². The number of hydrogen-bond acceptors (Lipinski definition) is 1. The molecule has 1 aromatic rings. The Labute approximate surface area is 71.1 Å². The Balaban J connectivity index is 2.18. The first-order valence-electron chi connectivity index (χ1n) is 4.02. The van der Waals surface area contributed by atoms with E-state index in [4.69, 9.17) is 0 Å². The van der Waals surface area contributed by atoms with E-state index in [2.05, 4.69) is 17.1 Å². The Hall–Kier alpha value is -1.31. The molecule has 0 N–H and O–H groups in total. The van der Waals surface area contributed by atoms with Crippen molar-refractivity contribution >= 4 is 5.69 Å². The lowest BCUT2D eigenvalue weighted by atomic mass is 10.3. The number of benzene rings is 1. The molecule has 1 aromatic carbocycles. The van der Waals surface area contributed by atoms with Gasteiger partial charge in [0.15, 0.2) is 0 Å². The van der Waals surface area contributed by atoms with Crippen LogP contribution in [0.1, 0.15) is 0 Å². The first-order chi connectivity index (χ1) is 5.86. The number of halogens is 1. The van der Waals surface area contributed by atoms with Crippen LogP contribution in [0.2, 0.25) is 0 Å². The second kappa shape index (κ2) is 2.97. The summed E-state index contributed by atoms with van der Waals surface area (Å²) >= 11 is 0. The lowest BCUT2D eigenvalue weighted by molar-refractivity contribution is 0.627. The smallest absolute Gasteiger partial charge is 0.123 e. The molecule has 12 heavy (non-hydrogen) atoms. The second-order valence-electron chi connectivity index (χ2n) is 2.85. The SMILES string of the molecule is Fc1ccc(N2CC=CC2)cc1. The van der Waals surface area contributed by atoms with Gasteiger partial charge in [-0.2, -0.15) is 0 Å². The monoisotopic (exact) mass is 163 g/mol. The Kier molecular flexibility index (Phi) is 1.82. The Morgan fingerprint density at radius 1 is 1.00 bits per heavy atom. The third kappa shape index (κ3) is 1.33. The molecule has 0 saturated carbocycles. The predicted molar refractivity (Wildman–Crippen MR) is 47.8 cm³/mol. The average Bonchev–Trinajstić information content (AvgIpc) is 2.58. The van der Waals surface area contributed by atoms with Crippen LogP contribution < -0.4 is 4.90 Å². The van der Waals surface area contributed by atoms with E-state index >= 15 is 0 Å². The largest absolute Gasteiger partial charge is 0.364 e. The van der Waals surface area contributed by atoms with Crippen LogP contribution in [0.5, 0.6) is 0 Å². The number of rotatable bonds is 1. The molecule has 1 aliphatic rings. The highest BCUT2D eigenvalue weighted by Crippen LogP contribution is 2.16. The van der Waals surface area contributed by atoms with Gasteiger partial charge in [0, 0.05) is 18.8 Å². The maximum Gasteiger partial charge on any atom is 0.123 e. The van der Waals surface area contributed by atoms with Crippen molar-refractivity contribution in [2.75, 3.05) is 18.0 Å². The molecule has 0 atom stereocenters. The molecule has 0 aromatic heterocycles. The van der Waals surface area contributed by atoms with Crippen molar-refractivity contribution in [3.05, 3.63) is 42.2 Å². The Morgan fingerprint density at radius 2 is 1.58 bits per heavy atom. The van der Waals surface area contributed by atoms with E-state index in [1.807, 2.05) is 12.1 Å². The minimum Gasteiger partial charge on any atom is -0.364 e. The molecule has 0 unspecified atom stereocenters. The molecule has 1 aliphatic heterocycles. The predicted octanol–water partition coefficient (Wildman–Crippen LogP) is 2.20. The van der Waals surface area contributed by atoms with Crippen molar-refractivity contribution in [1.82, 2.24) is 0 Å². The van der Waals surface area contributed by atoms with E-state index in [-0.39, 0.29) is 5.82 Å². The van der Waals surface area contributed by atoms with E-state index < -0.39 is 0 Å². The van der Waals surface area contributed by atoms with Gasteiger partial charge in [0.25, 0.3) is 0 Å². The van der Waals surface area contributed by atoms with E-state index in [1.165, 1.54) is 12.1 Å². The lowest BCUT2D eigenvalue weighted by Crippen LogP contribution is -2.18. The highest BCUT2D eigenvalue weighted by molar-refractivity contribution is 5.48. The van der Waals surface area contributed by atoms with Gasteiger partial charge in [-0.15, -0.1) is 0 Å². The summed E-state index contributed by atoms with van der Waals surface area (Å²) in [6.45, 7) is 1.87. The zero-order valence-corrected chi connectivity index (χ0v) is 6.70. The topological polar surface area (TPSA) is 3.24 Å². The maximum absolute atomic E-state index is 12.5. The quantitative estimate of drug-likeness (QED) is 0.574. The molecule has 2 heteroatoms. The summed E-state index contributed by atoms with van der Waals surface area (Å²) in [6, 6.07) is 6.60.